The van der Waals surface area contributed by atoms with Crippen molar-refractivity contribution in [2.24, 2.45) is 5.10 Å². The minimum Gasteiger partial charge on any atom is -0.454 e. The highest BCUT2D eigenvalue weighted by Gasteiger charge is 2.12. The maximum Gasteiger partial charge on any atom is 0.239 e. The van der Waals surface area contributed by atoms with E-state index >= 15 is 0 Å². The van der Waals surface area contributed by atoms with Crippen LogP contribution in [0.1, 0.15) is 18.9 Å². The molecule has 0 unspecified atom stereocenters. The van der Waals surface area contributed by atoms with E-state index in [1.54, 1.807) is 13.1 Å². The summed E-state index contributed by atoms with van der Waals surface area (Å²) in [6.07, 6.45) is 1.98. The largest absolute Gasteiger partial charge is 0.454 e. The third-order valence-corrected chi connectivity index (χ3v) is 2.12. The molecule has 16 heavy (non-hydrogen) atoms. The van der Waals surface area contributed by atoms with Gasteiger partial charge >= 0.3 is 0 Å². The van der Waals surface area contributed by atoms with E-state index in [4.69, 9.17) is 9.47 Å². The molecule has 0 saturated carbocycles. The highest BCUT2D eigenvalue weighted by Crippen LogP contribution is 2.31. The molecule has 0 atom stereocenters. The maximum atomic E-state index is 10.9. The standard InChI is InChI=1S/C11H12N2O3/c1-2-11(14)13-12-6-8-3-4-9-10(5-8)16-7-15-9/h3-6H,2,7H2,1H3,(H,13,14)/b12-6+. The lowest BCUT2D eigenvalue weighted by Gasteiger charge is -1.97. The van der Waals surface area contributed by atoms with E-state index in [2.05, 4.69) is 10.5 Å². The summed E-state index contributed by atoms with van der Waals surface area (Å²) in [7, 11) is 0. The van der Waals surface area contributed by atoms with Crippen molar-refractivity contribution in [1.82, 2.24) is 5.43 Å². The molecule has 1 aromatic carbocycles. The van der Waals surface area contributed by atoms with Crippen LogP contribution in [-0.2, 0) is 4.79 Å². The summed E-state index contributed by atoms with van der Waals surface area (Å²) >= 11 is 0. The monoisotopic (exact) mass is 220 g/mol. The molecule has 1 aromatic rings. The lowest BCUT2D eigenvalue weighted by molar-refractivity contribution is -0.120. The zero-order chi connectivity index (χ0) is 11.4. The summed E-state index contributed by atoms with van der Waals surface area (Å²) in [6, 6.07) is 5.46. The number of hydrogen-bond acceptors (Lipinski definition) is 4. The van der Waals surface area contributed by atoms with Gasteiger partial charge in [0.25, 0.3) is 0 Å². The van der Waals surface area contributed by atoms with E-state index in [9.17, 15) is 4.79 Å². The molecular formula is C11H12N2O3. The van der Waals surface area contributed by atoms with Crippen LogP contribution in [0.5, 0.6) is 11.5 Å². The van der Waals surface area contributed by atoms with Gasteiger partial charge in [-0.3, -0.25) is 4.79 Å². The predicted molar refractivity (Wildman–Crippen MR) is 58.6 cm³/mol. The van der Waals surface area contributed by atoms with Crippen molar-refractivity contribution >= 4 is 12.1 Å². The Labute approximate surface area is 93.1 Å². The van der Waals surface area contributed by atoms with Crippen LogP contribution >= 0.6 is 0 Å². The highest BCUT2D eigenvalue weighted by molar-refractivity contribution is 5.83. The minimum absolute atomic E-state index is 0.114. The van der Waals surface area contributed by atoms with Crippen molar-refractivity contribution in [1.29, 1.82) is 0 Å². The van der Waals surface area contributed by atoms with Crippen molar-refractivity contribution in [3.8, 4) is 11.5 Å². The van der Waals surface area contributed by atoms with Crippen molar-refractivity contribution in [2.75, 3.05) is 6.79 Å². The van der Waals surface area contributed by atoms with Crippen molar-refractivity contribution in [3.63, 3.8) is 0 Å². The molecule has 0 radical (unpaired) electrons. The van der Waals surface area contributed by atoms with Gasteiger partial charge in [0.15, 0.2) is 11.5 Å². The van der Waals surface area contributed by atoms with Crippen molar-refractivity contribution < 1.29 is 14.3 Å². The van der Waals surface area contributed by atoms with Crippen LogP contribution in [0.2, 0.25) is 0 Å². The average Bonchev–Trinajstić information content (AvgIpc) is 2.76. The fraction of sp³-hybridized carbons (Fsp3) is 0.273. The van der Waals surface area contributed by atoms with Crippen LogP contribution in [0, 0.1) is 0 Å². The molecule has 1 aliphatic heterocycles. The molecular weight excluding hydrogens is 208 g/mol. The smallest absolute Gasteiger partial charge is 0.239 e. The molecule has 0 bridgehead atoms. The Balaban J connectivity index is 2.02. The SMILES string of the molecule is CCC(=O)N/N=C/c1ccc2c(c1)OCO2. The molecule has 5 heteroatoms. The van der Waals surface area contributed by atoms with Gasteiger partial charge in [0.1, 0.15) is 0 Å². The van der Waals surface area contributed by atoms with Gasteiger partial charge in [-0.15, -0.1) is 0 Å². The van der Waals surface area contributed by atoms with Crippen LogP contribution in [0.15, 0.2) is 23.3 Å². The number of ether oxygens (including phenoxy) is 2. The summed E-state index contributed by atoms with van der Waals surface area (Å²) in [5.74, 6) is 1.32. The molecule has 1 N–H and O–H groups in total. The molecule has 5 nitrogen and oxygen atoms in total. The number of carbonyl (C=O) groups is 1. The second-order valence-electron chi connectivity index (χ2n) is 3.26. The average molecular weight is 220 g/mol. The third kappa shape index (κ3) is 2.31. The number of hydrazone groups is 1. The Morgan fingerprint density at radius 3 is 3.12 bits per heavy atom. The third-order valence-electron chi connectivity index (χ3n) is 2.12. The molecule has 1 heterocycles. The molecule has 1 amide bonds. The van der Waals surface area contributed by atoms with E-state index in [-0.39, 0.29) is 12.7 Å². The Bertz CT molecular complexity index is 429. The number of hydrogen-bond donors (Lipinski definition) is 1. The number of benzene rings is 1. The summed E-state index contributed by atoms with van der Waals surface area (Å²) < 4.78 is 10.4. The van der Waals surface area contributed by atoms with Gasteiger partial charge in [0, 0.05) is 6.42 Å². The summed E-state index contributed by atoms with van der Waals surface area (Å²) in [4.78, 5) is 10.9. The fourth-order valence-corrected chi connectivity index (χ4v) is 1.25. The van der Waals surface area contributed by atoms with Crippen molar-refractivity contribution in [2.45, 2.75) is 13.3 Å². The lowest BCUT2D eigenvalue weighted by Crippen LogP contribution is -2.15. The number of fused-ring (bicyclic) bond motifs is 1. The van der Waals surface area contributed by atoms with Crippen molar-refractivity contribution in [3.05, 3.63) is 23.8 Å². The first-order chi connectivity index (χ1) is 7.79. The van der Waals surface area contributed by atoms with E-state index in [1.165, 1.54) is 0 Å². The van der Waals surface area contributed by atoms with Gasteiger partial charge in [-0.05, 0) is 23.8 Å². The summed E-state index contributed by atoms with van der Waals surface area (Å²) in [6.45, 7) is 2.02. The van der Waals surface area contributed by atoms with Gasteiger partial charge in [-0.1, -0.05) is 6.92 Å². The molecule has 84 valence electrons. The number of carbonyl (C=O) groups excluding carboxylic acids is 1. The normalized spacial score (nSPS) is 13.1. The van der Waals surface area contributed by atoms with Gasteiger partial charge in [0.2, 0.25) is 12.7 Å². The zero-order valence-corrected chi connectivity index (χ0v) is 8.90. The quantitative estimate of drug-likeness (QED) is 0.616. The fourth-order valence-electron chi connectivity index (χ4n) is 1.25. The Morgan fingerprint density at radius 2 is 2.31 bits per heavy atom. The van der Waals surface area contributed by atoms with Crippen LogP contribution in [0.3, 0.4) is 0 Å². The van der Waals surface area contributed by atoms with E-state index in [0.29, 0.717) is 12.2 Å². The lowest BCUT2D eigenvalue weighted by atomic mass is 10.2. The van der Waals surface area contributed by atoms with Crippen LogP contribution in [0.4, 0.5) is 0 Å². The van der Waals surface area contributed by atoms with E-state index < -0.39 is 0 Å². The molecule has 2 rings (SSSR count). The number of amides is 1. The number of rotatable bonds is 3. The Hall–Kier alpha value is -2.04. The number of nitrogens with one attached hydrogen (secondary N) is 1. The first kappa shape index (κ1) is 10.5. The first-order valence-electron chi connectivity index (χ1n) is 5.01. The second-order valence-corrected chi connectivity index (χ2v) is 3.26. The maximum absolute atomic E-state index is 10.9. The first-order valence-corrected chi connectivity index (χ1v) is 5.01. The van der Waals surface area contributed by atoms with E-state index in [0.717, 1.165) is 11.3 Å². The van der Waals surface area contributed by atoms with E-state index in [1.807, 2.05) is 18.2 Å². The minimum atomic E-state index is -0.114. The zero-order valence-electron chi connectivity index (χ0n) is 8.90. The van der Waals surface area contributed by atoms with Gasteiger partial charge in [-0.2, -0.15) is 5.10 Å². The van der Waals surface area contributed by atoms with Crippen LogP contribution in [-0.4, -0.2) is 18.9 Å². The Kier molecular flexibility index (Phi) is 3.05. The molecule has 0 fully saturated rings. The number of nitrogens with zero attached hydrogens (tertiary/aromatic N) is 1. The second kappa shape index (κ2) is 4.65. The van der Waals surface area contributed by atoms with Crippen LogP contribution < -0.4 is 14.9 Å². The van der Waals surface area contributed by atoms with Crippen LogP contribution in [0.25, 0.3) is 0 Å². The van der Waals surface area contributed by atoms with Gasteiger partial charge < -0.3 is 9.47 Å². The summed E-state index contributed by atoms with van der Waals surface area (Å²) in [5.41, 5.74) is 3.25. The van der Waals surface area contributed by atoms with Gasteiger partial charge in [0.05, 0.1) is 6.21 Å². The van der Waals surface area contributed by atoms with Gasteiger partial charge in [-0.25, -0.2) is 5.43 Å². The predicted octanol–water partition coefficient (Wildman–Crippen LogP) is 1.28. The Morgan fingerprint density at radius 1 is 1.50 bits per heavy atom. The molecule has 0 saturated heterocycles. The topological polar surface area (TPSA) is 59.9 Å². The summed E-state index contributed by atoms with van der Waals surface area (Å²) in [5, 5.41) is 3.82. The molecule has 1 aliphatic rings. The molecule has 0 aromatic heterocycles. The molecule has 0 spiro atoms. The highest BCUT2D eigenvalue weighted by atomic mass is 16.7. The molecule has 0 aliphatic carbocycles.